The van der Waals surface area contributed by atoms with Crippen LogP contribution in [-0.2, 0) is 16.0 Å². The molecule has 2 amide bonds. The van der Waals surface area contributed by atoms with Crippen molar-refractivity contribution in [2.45, 2.75) is 44.6 Å². The number of aliphatic hydroxyl groups is 1. The summed E-state index contributed by atoms with van der Waals surface area (Å²) in [6.45, 7) is 2.44. The number of aromatic amines is 1. The molecule has 1 unspecified atom stereocenters. The highest BCUT2D eigenvalue weighted by Gasteiger charge is 2.49. The quantitative estimate of drug-likeness (QED) is 0.834. The molecule has 3 aliphatic rings. The van der Waals surface area contributed by atoms with Crippen LogP contribution in [0.25, 0.3) is 0 Å². The molecule has 3 heterocycles. The molecule has 136 valence electrons. The molecule has 3 fully saturated rings. The van der Waals surface area contributed by atoms with Gasteiger partial charge in [0.05, 0.1) is 24.3 Å². The second kappa shape index (κ2) is 6.44. The van der Waals surface area contributed by atoms with Gasteiger partial charge in [-0.25, -0.2) is 4.98 Å². The molecule has 2 aliphatic heterocycles. The maximum atomic E-state index is 13.0. The molecule has 0 bridgehead atoms. The summed E-state index contributed by atoms with van der Waals surface area (Å²) in [6.07, 6.45) is 7.35. The lowest BCUT2D eigenvalue weighted by Gasteiger charge is -2.48. The topological polar surface area (TPSA) is 89.5 Å². The van der Waals surface area contributed by atoms with E-state index in [4.69, 9.17) is 0 Å². The number of hydrogen-bond donors (Lipinski definition) is 2. The highest BCUT2D eigenvalue weighted by atomic mass is 16.3. The lowest BCUT2D eigenvalue weighted by atomic mass is 9.70. The van der Waals surface area contributed by atoms with E-state index in [9.17, 15) is 14.7 Å². The zero-order valence-electron chi connectivity index (χ0n) is 14.5. The lowest BCUT2D eigenvalue weighted by Crippen LogP contribution is -2.58. The van der Waals surface area contributed by atoms with E-state index in [2.05, 4.69) is 9.97 Å². The van der Waals surface area contributed by atoms with Crippen molar-refractivity contribution in [2.75, 3.05) is 26.2 Å². The van der Waals surface area contributed by atoms with Crippen molar-refractivity contribution >= 4 is 11.8 Å². The molecule has 0 aromatic carbocycles. The summed E-state index contributed by atoms with van der Waals surface area (Å²) in [5.41, 5.74) is 0.335. The molecule has 1 saturated carbocycles. The minimum absolute atomic E-state index is 0.0674. The number of nitrogens with one attached hydrogen (secondary N) is 1. The third kappa shape index (κ3) is 3.42. The van der Waals surface area contributed by atoms with Crippen molar-refractivity contribution in [3.63, 3.8) is 0 Å². The first-order valence-corrected chi connectivity index (χ1v) is 9.28. The Hall–Kier alpha value is -1.89. The SMILES string of the molecule is O=C(Cc1cnc[nH]1)N1CCC2(CC1)CC(O)CN(CC1CC1)C2=O. The molecule has 2 N–H and O–H groups in total. The molecule has 1 aromatic rings. The molecule has 4 rings (SSSR count). The first-order valence-electron chi connectivity index (χ1n) is 9.28. The van der Waals surface area contributed by atoms with Crippen molar-refractivity contribution < 1.29 is 14.7 Å². The zero-order chi connectivity index (χ0) is 17.4. The number of hydrogen-bond acceptors (Lipinski definition) is 4. The summed E-state index contributed by atoms with van der Waals surface area (Å²) in [5.74, 6) is 0.894. The van der Waals surface area contributed by atoms with Gasteiger partial charge in [-0.1, -0.05) is 0 Å². The van der Waals surface area contributed by atoms with Crippen LogP contribution in [0.1, 0.15) is 37.8 Å². The molecule has 1 aliphatic carbocycles. The smallest absolute Gasteiger partial charge is 0.229 e. The fourth-order valence-corrected chi connectivity index (χ4v) is 4.30. The predicted molar refractivity (Wildman–Crippen MR) is 90.5 cm³/mol. The summed E-state index contributed by atoms with van der Waals surface area (Å²) in [7, 11) is 0. The van der Waals surface area contributed by atoms with Crippen molar-refractivity contribution in [2.24, 2.45) is 11.3 Å². The number of piperidine rings is 2. The Kier molecular flexibility index (Phi) is 4.27. The summed E-state index contributed by atoms with van der Waals surface area (Å²) in [6, 6.07) is 0. The third-order valence-electron chi connectivity index (χ3n) is 5.94. The molecule has 1 spiro atoms. The Balaban J connectivity index is 1.38. The number of carbonyl (C=O) groups is 2. The summed E-state index contributed by atoms with van der Waals surface area (Å²) >= 11 is 0. The van der Waals surface area contributed by atoms with Crippen LogP contribution in [0.3, 0.4) is 0 Å². The van der Waals surface area contributed by atoms with Crippen LogP contribution in [0.2, 0.25) is 0 Å². The van der Waals surface area contributed by atoms with E-state index in [1.54, 1.807) is 12.5 Å². The monoisotopic (exact) mass is 346 g/mol. The van der Waals surface area contributed by atoms with Gasteiger partial charge in [-0.15, -0.1) is 0 Å². The molecule has 25 heavy (non-hydrogen) atoms. The Labute approximate surface area is 147 Å². The van der Waals surface area contributed by atoms with Crippen molar-refractivity contribution in [3.05, 3.63) is 18.2 Å². The number of imidazole rings is 1. The van der Waals surface area contributed by atoms with Crippen LogP contribution in [0.15, 0.2) is 12.5 Å². The molecular formula is C18H26N4O3. The van der Waals surface area contributed by atoms with Gasteiger partial charge in [0.1, 0.15) is 0 Å². The van der Waals surface area contributed by atoms with E-state index < -0.39 is 11.5 Å². The number of H-pyrrole nitrogens is 1. The van der Waals surface area contributed by atoms with Crippen molar-refractivity contribution in [1.29, 1.82) is 0 Å². The van der Waals surface area contributed by atoms with E-state index in [-0.39, 0.29) is 11.8 Å². The second-order valence-electron chi connectivity index (χ2n) is 7.93. The summed E-state index contributed by atoms with van der Waals surface area (Å²) in [5, 5.41) is 10.3. The third-order valence-corrected chi connectivity index (χ3v) is 5.94. The molecule has 2 saturated heterocycles. The molecule has 0 radical (unpaired) electrons. The minimum atomic E-state index is -0.475. The molecule has 1 atom stereocenters. The minimum Gasteiger partial charge on any atom is -0.391 e. The van der Waals surface area contributed by atoms with Gasteiger partial charge in [0.2, 0.25) is 11.8 Å². The fourth-order valence-electron chi connectivity index (χ4n) is 4.30. The second-order valence-corrected chi connectivity index (χ2v) is 7.93. The first kappa shape index (κ1) is 16.6. The maximum Gasteiger partial charge on any atom is 0.229 e. The first-order chi connectivity index (χ1) is 12.1. The average molecular weight is 346 g/mol. The van der Waals surface area contributed by atoms with E-state index in [1.165, 1.54) is 12.8 Å². The molecule has 1 aromatic heterocycles. The number of aliphatic hydroxyl groups excluding tert-OH is 1. The average Bonchev–Trinajstić information content (AvgIpc) is 3.26. The Morgan fingerprint density at radius 2 is 2.12 bits per heavy atom. The predicted octanol–water partition coefficient (Wildman–Crippen LogP) is 0.564. The highest BCUT2D eigenvalue weighted by molar-refractivity contribution is 5.85. The normalized spacial score (nSPS) is 26.3. The van der Waals surface area contributed by atoms with Crippen LogP contribution < -0.4 is 0 Å². The van der Waals surface area contributed by atoms with Crippen LogP contribution >= 0.6 is 0 Å². The highest BCUT2D eigenvalue weighted by Crippen LogP contribution is 2.42. The standard InChI is InChI=1S/C18H26N4O3/c23-15-8-18(17(25)22(11-15)10-13-1-2-13)3-5-21(6-4-18)16(24)7-14-9-19-12-20-14/h9,12-13,15,23H,1-8,10-11H2,(H,19,20). The van der Waals surface area contributed by atoms with Crippen molar-refractivity contribution in [3.8, 4) is 0 Å². The van der Waals surface area contributed by atoms with Gasteiger partial charge >= 0.3 is 0 Å². The van der Waals surface area contributed by atoms with E-state index in [1.807, 2.05) is 9.80 Å². The maximum absolute atomic E-state index is 13.0. The number of nitrogens with zero attached hydrogens (tertiary/aromatic N) is 3. The van der Waals surface area contributed by atoms with Gasteiger partial charge in [-0.05, 0) is 38.0 Å². The number of likely N-dealkylation sites (tertiary alicyclic amines) is 2. The van der Waals surface area contributed by atoms with Gasteiger partial charge in [0, 0.05) is 38.1 Å². The molecule has 7 nitrogen and oxygen atoms in total. The van der Waals surface area contributed by atoms with Gasteiger partial charge in [0.15, 0.2) is 0 Å². The van der Waals surface area contributed by atoms with Crippen LogP contribution in [0, 0.1) is 11.3 Å². The number of β-amino-alcohol motifs (C(OH)–C–C–N with tert-alkyl or cyclic N) is 1. The molecule has 7 heteroatoms. The van der Waals surface area contributed by atoms with Gasteiger partial charge in [0.25, 0.3) is 0 Å². The van der Waals surface area contributed by atoms with Gasteiger partial charge < -0.3 is 19.9 Å². The van der Waals surface area contributed by atoms with E-state index in [0.717, 1.165) is 12.2 Å². The number of rotatable bonds is 4. The van der Waals surface area contributed by atoms with Crippen LogP contribution in [0.4, 0.5) is 0 Å². The Bertz CT molecular complexity index is 631. The fraction of sp³-hybridized carbons (Fsp3) is 0.722. The van der Waals surface area contributed by atoms with Gasteiger partial charge in [-0.3, -0.25) is 9.59 Å². The lowest BCUT2D eigenvalue weighted by molar-refractivity contribution is -0.158. The zero-order valence-corrected chi connectivity index (χ0v) is 14.5. The molecular weight excluding hydrogens is 320 g/mol. The number of carbonyl (C=O) groups excluding carboxylic acids is 2. The Morgan fingerprint density at radius 3 is 2.76 bits per heavy atom. The number of amides is 2. The van der Waals surface area contributed by atoms with Gasteiger partial charge in [-0.2, -0.15) is 0 Å². The number of aromatic nitrogens is 2. The van der Waals surface area contributed by atoms with Crippen molar-refractivity contribution in [1.82, 2.24) is 19.8 Å². The largest absolute Gasteiger partial charge is 0.391 e. The van der Waals surface area contributed by atoms with Crippen LogP contribution in [-0.4, -0.2) is 69.0 Å². The van der Waals surface area contributed by atoms with E-state index >= 15 is 0 Å². The Morgan fingerprint density at radius 1 is 1.36 bits per heavy atom. The van der Waals surface area contributed by atoms with E-state index in [0.29, 0.717) is 51.2 Å². The summed E-state index contributed by atoms with van der Waals surface area (Å²) < 4.78 is 0. The summed E-state index contributed by atoms with van der Waals surface area (Å²) in [4.78, 5) is 36.1. The van der Waals surface area contributed by atoms with Crippen LogP contribution in [0.5, 0.6) is 0 Å².